The number of aromatic nitrogens is 1. The molecule has 8 heteroatoms. The zero-order chi connectivity index (χ0) is 17.6. The van der Waals surface area contributed by atoms with E-state index in [9.17, 15) is 18.0 Å². The summed E-state index contributed by atoms with van der Waals surface area (Å²) in [5.74, 6) is 0. The summed E-state index contributed by atoms with van der Waals surface area (Å²) in [4.78, 5) is 15.8. The van der Waals surface area contributed by atoms with Crippen molar-refractivity contribution in [3.63, 3.8) is 0 Å². The molecule has 128 valence electrons. The Hall–Kier alpha value is -2.61. The Kier molecular flexibility index (Phi) is 5.75. The number of carbonyl (C=O) groups excluding carboxylic acids is 1. The molecule has 0 saturated heterocycles. The molecule has 0 aliphatic carbocycles. The smallest absolute Gasteiger partial charge is 0.395 e. The zero-order valence-corrected chi connectivity index (χ0v) is 12.5. The summed E-state index contributed by atoms with van der Waals surface area (Å²) in [6.07, 6.45) is -1.48. The number of carbonyl (C=O) groups is 1. The minimum atomic E-state index is -4.48. The first-order valence-electron chi connectivity index (χ1n) is 7.14. The van der Waals surface area contributed by atoms with Gasteiger partial charge >= 0.3 is 12.2 Å². The number of urea groups is 1. The van der Waals surface area contributed by atoms with Crippen LogP contribution in [-0.4, -0.2) is 29.3 Å². The molecular weight excluding hydrogens is 323 g/mol. The summed E-state index contributed by atoms with van der Waals surface area (Å²) >= 11 is 0. The maximum atomic E-state index is 12.9. The number of nitrogens with one attached hydrogen (secondary N) is 2. The highest BCUT2D eigenvalue weighted by Crippen LogP contribution is 2.32. The van der Waals surface area contributed by atoms with Crippen molar-refractivity contribution >= 4 is 6.03 Å². The lowest BCUT2D eigenvalue weighted by atomic mass is 9.98. The minimum absolute atomic E-state index is 0.0359. The summed E-state index contributed by atoms with van der Waals surface area (Å²) in [6, 6.07) is 6.62. The predicted octanol–water partition coefficient (Wildman–Crippen LogP) is 2.48. The third-order valence-corrected chi connectivity index (χ3v) is 3.24. The van der Waals surface area contributed by atoms with Crippen molar-refractivity contribution in [3.8, 4) is 0 Å². The highest BCUT2D eigenvalue weighted by Gasteiger charge is 2.31. The molecule has 1 aromatic carbocycles. The number of hydrogen-bond donors (Lipinski definition) is 3. The van der Waals surface area contributed by atoms with Gasteiger partial charge in [-0.25, -0.2) is 4.79 Å². The molecule has 2 rings (SSSR count). The van der Waals surface area contributed by atoms with E-state index in [4.69, 9.17) is 5.11 Å². The van der Waals surface area contributed by atoms with E-state index in [0.29, 0.717) is 5.56 Å². The lowest BCUT2D eigenvalue weighted by Crippen LogP contribution is -2.39. The van der Waals surface area contributed by atoms with Crippen molar-refractivity contribution in [2.75, 3.05) is 13.2 Å². The molecule has 0 bridgehead atoms. The van der Waals surface area contributed by atoms with Crippen LogP contribution in [-0.2, 0) is 6.18 Å². The highest BCUT2D eigenvalue weighted by atomic mass is 19.4. The Labute approximate surface area is 136 Å². The maximum absolute atomic E-state index is 12.9. The summed E-state index contributed by atoms with van der Waals surface area (Å²) in [6.45, 7) is -0.206. The summed E-state index contributed by atoms with van der Waals surface area (Å²) < 4.78 is 38.8. The second kappa shape index (κ2) is 7.78. The van der Waals surface area contributed by atoms with Gasteiger partial charge in [-0.15, -0.1) is 0 Å². The molecule has 3 N–H and O–H groups in total. The predicted molar refractivity (Wildman–Crippen MR) is 81.1 cm³/mol. The molecule has 1 aromatic heterocycles. The van der Waals surface area contributed by atoms with E-state index in [1.54, 1.807) is 12.1 Å². The van der Waals surface area contributed by atoms with Crippen LogP contribution in [0, 0.1) is 0 Å². The van der Waals surface area contributed by atoms with Gasteiger partial charge in [0.25, 0.3) is 0 Å². The largest absolute Gasteiger partial charge is 0.416 e. The Morgan fingerprint density at radius 3 is 2.58 bits per heavy atom. The molecule has 0 saturated carbocycles. The van der Waals surface area contributed by atoms with Crippen LogP contribution in [0.1, 0.15) is 22.7 Å². The summed E-state index contributed by atoms with van der Waals surface area (Å²) in [5.41, 5.74) is 0.0133. The molecule has 2 aromatic rings. The number of halogens is 3. The Bertz CT molecular complexity index is 678. The first kappa shape index (κ1) is 17.7. The first-order chi connectivity index (χ1) is 11.4. The molecule has 0 aliphatic rings. The summed E-state index contributed by atoms with van der Waals surface area (Å²) in [5, 5.41) is 13.7. The van der Waals surface area contributed by atoms with Crippen molar-refractivity contribution < 1.29 is 23.1 Å². The van der Waals surface area contributed by atoms with Crippen LogP contribution < -0.4 is 10.6 Å². The quantitative estimate of drug-likeness (QED) is 0.783. The Morgan fingerprint density at radius 2 is 1.96 bits per heavy atom. The van der Waals surface area contributed by atoms with Gasteiger partial charge in [-0.1, -0.05) is 18.2 Å². The van der Waals surface area contributed by atoms with Gasteiger partial charge in [-0.2, -0.15) is 13.2 Å². The van der Waals surface area contributed by atoms with Gasteiger partial charge < -0.3 is 15.7 Å². The molecule has 0 spiro atoms. The van der Waals surface area contributed by atoms with Crippen molar-refractivity contribution in [1.29, 1.82) is 0 Å². The second-order valence-corrected chi connectivity index (χ2v) is 4.97. The van der Waals surface area contributed by atoms with E-state index in [2.05, 4.69) is 15.6 Å². The average Bonchev–Trinajstić information content (AvgIpc) is 2.58. The zero-order valence-electron chi connectivity index (χ0n) is 12.5. The van der Waals surface area contributed by atoms with Crippen LogP contribution in [0.25, 0.3) is 0 Å². The molecule has 1 unspecified atom stereocenters. The van der Waals surface area contributed by atoms with Crippen LogP contribution >= 0.6 is 0 Å². The second-order valence-electron chi connectivity index (χ2n) is 4.97. The number of rotatable bonds is 5. The number of aliphatic hydroxyl groups excluding tert-OH is 1. The standard InChI is InChI=1S/C16H16F3N3O2/c17-16(18,19)13-5-1-3-11(9-13)14(12-4-2-6-20-10-12)22-15(24)21-7-8-23/h1-6,9-10,14,23H,7-8H2,(H2,21,22,24). The molecule has 0 aliphatic heterocycles. The van der Waals surface area contributed by atoms with Gasteiger partial charge in [0.2, 0.25) is 0 Å². The fraction of sp³-hybridized carbons (Fsp3) is 0.250. The van der Waals surface area contributed by atoms with Gasteiger partial charge in [-0.05, 0) is 29.3 Å². The molecule has 1 heterocycles. The van der Waals surface area contributed by atoms with E-state index in [1.807, 2.05) is 0 Å². The van der Waals surface area contributed by atoms with Crippen LogP contribution in [0.2, 0.25) is 0 Å². The third-order valence-electron chi connectivity index (χ3n) is 3.24. The van der Waals surface area contributed by atoms with E-state index < -0.39 is 23.8 Å². The van der Waals surface area contributed by atoms with E-state index in [0.717, 1.165) is 12.1 Å². The van der Waals surface area contributed by atoms with Gasteiger partial charge in [0.05, 0.1) is 18.2 Å². The fourth-order valence-corrected chi connectivity index (χ4v) is 2.15. The molecule has 2 amide bonds. The number of nitrogens with zero attached hydrogens (tertiary/aromatic N) is 1. The monoisotopic (exact) mass is 339 g/mol. The molecule has 0 radical (unpaired) electrons. The lowest BCUT2D eigenvalue weighted by molar-refractivity contribution is -0.137. The van der Waals surface area contributed by atoms with Crippen LogP contribution in [0.5, 0.6) is 0 Å². The number of pyridine rings is 1. The van der Waals surface area contributed by atoms with E-state index in [1.165, 1.54) is 24.5 Å². The van der Waals surface area contributed by atoms with Gasteiger partial charge in [0.15, 0.2) is 0 Å². The topological polar surface area (TPSA) is 74.2 Å². The highest BCUT2D eigenvalue weighted by molar-refractivity contribution is 5.75. The van der Waals surface area contributed by atoms with Crippen molar-refractivity contribution in [3.05, 3.63) is 65.5 Å². The SMILES string of the molecule is O=C(NCCO)NC(c1cccnc1)c1cccc(C(F)(F)F)c1. The molecule has 0 fully saturated rings. The van der Waals surface area contributed by atoms with Gasteiger partial charge in [-0.3, -0.25) is 4.98 Å². The Morgan fingerprint density at radius 1 is 1.21 bits per heavy atom. The third kappa shape index (κ3) is 4.69. The van der Waals surface area contributed by atoms with E-state index >= 15 is 0 Å². The number of benzene rings is 1. The summed E-state index contributed by atoms with van der Waals surface area (Å²) in [7, 11) is 0. The number of amides is 2. The van der Waals surface area contributed by atoms with Crippen molar-refractivity contribution in [1.82, 2.24) is 15.6 Å². The maximum Gasteiger partial charge on any atom is 0.416 e. The molecule has 5 nitrogen and oxygen atoms in total. The molecule has 1 atom stereocenters. The van der Waals surface area contributed by atoms with E-state index in [-0.39, 0.29) is 18.7 Å². The average molecular weight is 339 g/mol. The molecule has 24 heavy (non-hydrogen) atoms. The van der Waals surface area contributed by atoms with Gasteiger partial charge in [0, 0.05) is 18.9 Å². The minimum Gasteiger partial charge on any atom is -0.395 e. The fourth-order valence-electron chi connectivity index (χ4n) is 2.15. The number of alkyl halides is 3. The first-order valence-corrected chi connectivity index (χ1v) is 7.14. The lowest BCUT2D eigenvalue weighted by Gasteiger charge is -2.21. The number of hydrogen-bond acceptors (Lipinski definition) is 3. The molecular formula is C16H16F3N3O2. The van der Waals surface area contributed by atoms with Crippen LogP contribution in [0.15, 0.2) is 48.8 Å². The number of aliphatic hydroxyl groups is 1. The van der Waals surface area contributed by atoms with Crippen LogP contribution in [0.4, 0.5) is 18.0 Å². The Balaban J connectivity index is 2.34. The normalized spacial score (nSPS) is 12.5. The van der Waals surface area contributed by atoms with Gasteiger partial charge in [0.1, 0.15) is 0 Å². The van der Waals surface area contributed by atoms with Crippen molar-refractivity contribution in [2.24, 2.45) is 0 Å². The van der Waals surface area contributed by atoms with Crippen molar-refractivity contribution in [2.45, 2.75) is 12.2 Å². The van der Waals surface area contributed by atoms with Crippen LogP contribution in [0.3, 0.4) is 0 Å².